The lowest BCUT2D eigenvalue weighted by Crippen LogP contribution is -2.17. The third-order valence-corrected chi connectivity index (χ3v) is 1.80. The fourth-order valence-electron chi connectivity index (χ4n) is 1.11. The van der Waals surface area contributed by atoms with E-state index in [4.69, 9.17) is 4.84 Å². The summed E-state index contributed by atoms with van der Waals surface area (Å²) >= 11 is 0. The molecule has 0 fully saturated rings. The first-order valence-corrected chi connectivity index (χ1v) is 5.37. The second-order valence-electron chi connectivity index (χ2n) is 3.97. The van der Waals surface area contributed by atoms with E-state index in [1.54, 1.807) is 12.3 Å². The number of halogens is 3. The van der Waals surface area contributed by atoms with Crippen LogP contribution in [-0.2, 0) is 11.4 Å². The summed E-state index contributed by atoms with van der Waals surface area (Å²) in [4.78, 5) is 4.95. The molecule has 6 heteroatoms. The number of ether oxygens (including phenoxy) is 1. The maximum absolute atomic E-state index is 12.0. The maximum Gasteiger partial charge on any atom is 0.573 e. The molecule has 0 saturated carbocycles. The average molecular weight is 261 g/mol. The zero-order valence-electron chi connectivity index (χ0n) is 10.1. The van der Waals surface area contributed by atoms with Crippen LogP contribution >= 0.6 is 0 Å². The first-order valence-electron chi connectivity index (χ1n) is 5.37. The number of hydrogen-bond acceptors (Lipinski definition) is 3. The van der Waals surface area contributed by atoms with Crippen molar-refractivity contribution < 1.29 is 22.7 Å². The van der Waals surface area contributed by atoms with Gasteiger partial charge < -0.3 is 9.57 Å². The highest BCUT2D eigenvalue weighted by molar-refractivity contribution is 5.58. The van der Waals surface area contributed by atoms with Gasteiger partial charge in [0, 0.05) is 6.21 Å². The molecule has 0 heterocycles. The van der Waals surface area contributed by atoms with Crippen LogP contribution in [0.3, 0.4) is 0 Å². The standard InChI is InChI=1S/C12H14F3NO2/c1-9(2)7-16-17-8-10-4-3-5-11(6-10)18-12(13,14)15/h3-7,9H,8H2,1-2H3. The Morgan fingerprint density at radius 3 is 2.67 bits per heavy atom. The molecule has 1 aromatic carbocycles. The second-order valence-corrected chi connectivity index (χ2v) is 3.97. The molecule has 1 rings (SSSR count). The van der Waals surface area contributed by atoms with Gasteiger partial charge in [-0.3, -0.25) is 0 Å². The van der Waals surface area contributed by atoms with Crippen molar-refractivity contribution in [1.82, 2.24) is 0 Å². The van der Waals surface area contributed by atoms with Crippen LogP contribution in [0.15, 0.2) is 29.4 Å². The van der Waals surface area contributed by atoms with Crippen molar-refractivity contribution in [2.45, 2.75) is 26.8 Å². The monoisotopic (exact) mass is 261 g/mol. The van der Waals surface area contributed by atoms with Crippen molar-refractivity contribution in [3.8, 4) is 5.75 Å². The first kappa shape index (κ1) is 14.3. The molecule has 0 aliphatic rings. The fraction of sp³-hybridized carbons (Fsp3) is 0.417. The minimum atomic E-state index is -4.69. The molecular formula is C12H14F3NO2. The van der Waals surface area contributed by atoms with Gasteiger partial charge in [-0.1, -0.05) is 31.1 Å². The molecule has 0 aromatic heterocycles. The summed E-state index contributed by atoms with van der Waals surface area (Å²) in [6, 6.07) is 5.59. The van der Waals surface area contributed by atoms with Gasteiger partial charge in [0.25, 0.3) is 0 Å². The Kier molecular flexibility index (Phi) is 5.00. The van der Waals surface area contributed by atoms with E-state index in [-0.39, 0.29) is 18.3 Å². The summed E-state index contributed by atoms with van der Waals surface area (Å²) in [6.45, 7) is 3.97. The van der Waals surface area contributed by atoms with E-state index in [1.807, 2.05) is 13.8 Å². The van der Waals surface area contributed by atoms with Gasteiger partial charge in [0.15, 0.2) is 0 Å². The molecule has 0 spiro atoms. The van der Waals surface area contributed by atoms with Crippen LogP contribution < -0.4 is 4.74 Å². The first-order chi connectivity index (χ1) is 8.37. The quantitative estimate of drug-likeness (QED) is 0.597. The molecule has 0 radical (unpaired) electrons. The molecule has 0 bridgehead atoms. The van der Waals surface area contributed by atoms with E-state index >= 15 is 0 Å². The lowest BCUT2D eigenvalue weighted by atomic mass is 10.2. The van der Waals surface area contributed by atoms with Gasteiger partial charge in [-0.2, -0.15) is 0 Å². The van der Waals surface area contributed by atoms with Gasteiger partial charge in [0.05, 0.1) is 0 Å². The SMILES string of the molecule is CC(C)C=NOCc1cccc(OC(F)(F)F)c1. The fourth-order valence-corrected chi connectivity index (χ4v) is 1.11. The zero-order chi connectivity index (χ0) is 13.6. The molecule has 100 valence electrons. The third kappa shape index (κ3) is 6.12. The summed E-state index contributed by atoms with van der Waals surface area (Å²) in [7, 11) is 0. The lowest BCUT2D eigenvalue weighted by Gasteiger charge is -2.09. The van der Waals surface area contributed by atoms with Crippen LogP contribution in [0.4, 0.5) is 13.2 Å². The predicted molar refractivity (Wildman–Crippen MR) is 61.2 cm³/mol. The van der Waals surface area contributed by atoms with Crippen LogP contribution in [0.1, 0.15) is 19.4 Å². The summed E-state index contributed by atoms with van der Waals surface area (Å²) in [6.07, 6.45) is -3.08. The summed E-state index contributed by atoms with van der Waals surface area (Å²) in [5, 5.41) is 3.68. The number of rotatable bonds is 5. The highest BCUT2D eigenvalue weighted by Crippen LogP contribution is 2.23. The van der Waals surface area contributed by atoms with E-state index < -0.39 is 6.36 Å². The highest BCUT2D eigenvalue weighted by Gasteiger charge is 2.31. The number of benzene rings is 1. The van der Waals surface area contributed by atoms with Crippen molar-refractivity contribution >= 4 is 6.21 Å². The lowest BCUT2D eigenvalue weighted by molar-refractivity contribution is -0.274. The number of alkyl halides is 3. The van der Waals surface area contributed by atoms with Gasteiger partial charge in [-0.25, -0.2) is 0 Å². The van der Waals surface area contributed by atoms with E-state index in [1.165, 1.54) is 18.2 Å². The molecule has 0 aliphatic heterocycles. The van der Waals surface area contributed by atoms with Gasteiger partial charge in [-0.15, -0.1) is 13.2 Å². The van der Waals surface area contributed by atoms with E-state index in [0.717, 1.165) is 0 Å². The van der Waals surface area contributed by atoms with E-state index in [2.05, 4.69) is 9.89 Å². The molecule has 0 N–H and O–H groups in total. The van der Waals surface area contributed by atoms with Crippen molar-refractivity contribution in [3.63, 3.8) is 0 Å². The van der Waals surface area contributed by atoms with Gasteiger partial charge in [0.1, 0.15) is 12.4 Å². The van der Waals surface area contributed by atoms with Crippen LogP contribution in [-0.4, -0.2) is 12.6 Å². The molecule has 1 aromatic rings. The topological polar surface area (TPSA) is 30.8 Å². The molecule has 0 amide bonds. The summed E-state index contributed by atoms with van der Waals surface area (Å²) < 4.78 is 39.8. The maximum atomic E-state index is 12.0. The number of nitrogens with zero attached hydrogens (tertiary/aromatic N) is 1. The molecule has 0 atom stereocenters. The molecule has 18 heavy (non-hydrogen) atoms. The Labute approximate surface area is 103 Å². The Balaban J connectivity index is 2.54. The summed E-state index contributed by atoms with van der Waals surface area (Å²) in [5.74, 6) is -0.0127. The Morgan fingerprint density at radius 1 is 1.33 bits per heavy atom. The average Bonchev–Trinajstić information content (AvgIpc) is 2.22. The highest BCUT2D eigenvalue weighted by atomic mass is 19.4. The van der Waals surface area contributed by atoms with Gasteiger partial charge in [-0.05, 0) is 23.6 Å². The molecule has 3 nitrogen and oxygen atoms in total. The van der Waals surface area contributed by atoms with Crippen molar-refractivity contribution in [3.05, 3.63) is 29.8 Å². The Hall–Kier alpha value is -1.72. The van der Waals surface area contributed by atoms with Crippen molar-refractivity contribution in [2.24, 2.45) is 11.1 Å². The number of hydrogen-bond donors (Lipinski definition) is 0. The normalized spacial score (nSPS) is 12.1. The van der Waals surface area contributed by atoms with E-state index in [9.17, 15) is 13.2 Å². The van der Waals surface area contributed by atoms with Crippen LogP contribution in [0.25, 0.3) is 0 Å². The number of oxime groups is 1. The molecule has 0 aliphatic carbocycles. The Morgan fingerprint density at radius 2 is 2.06 bits per heavy atom. The van der Waals surface area contributed by atoms with Crippen LogP contribution in [0, 0.1) is 5.92 Å². The minimum absolute atomic E-state index is 0.0955. The van der Waals surface area contributed by atoms with Crippen LogP contribution in [0.2, 0.25) is 0 Å². The van der Waals surface area contributed by atoms with E-state index in [0.29, 0.717) is 5.56 Å². The molecule has 0 saturated heterocycles. The van der Waals surface area contributed by atoms with Crippen molar-refractivity contribution in [2.75, 3.05) is 0 Å². The smallest absolute Gasteiger partial charge is 0.406 e. The third-order valence-electron chi connectivity index (χ3n) is 1.80. The Bertz CT molecular complexity index is 403. The van der Waals surface area contributed by atoms with Gasteiger partial charge in [0.2, 0.25) is 0 Å². The summed E-state index contributed by atoms with van der Waals surface area (Å²) in [5.41, 5.74) is 0.553. The largest absolute Gasteiger partial charge is 0.573 e. The zero-order valence-corrected chi connectivity index (χ0v) is 10.1. The minimum Gasteiger partial charge on any atom is -0.406 e. The molecule has 0 unspecified atom stereocenters. The van der Waals surface area contributed by atoms with Gasteiger partial charge >= 0.3 is 6.36 Å². The predicted octanol–water partition coefficient (Wildman–Crippen LogP) is 3.74. The van der Waals surface area contributed by atoms with Crippen molar-refractivity contribution in [1.29, 1.82) is 0 Å². The van der Waals surface area contributed by atoms with Crippen LogP contribution in [0.5, 0.6) is 5.75 Å². The second kappa shape index (κ2) is 6.28. The molecular weight excluding hydrogens is 247 g/mol.